The molecule has 0 unspecified atom stereocenters. The van der Waals surface area contributed by atoms with Crippen LogP contribution in [-0.2, 0) is 6.42 Å². The van der Waals surface area contributed by atoms with Gasteiger partial charge in [-0.05, 0) is 35.2 Å². The van der Waals surface area contributed by atoms with Crippen LogP contribution in [-0.4, -0.2) is 0 Å². The van der Waals surface area contributed by atoms with Crippen LogP contribution in [0, 0.1) is 6.92 Å². The Labute approximate surface area is 84.9 Å². The van der Waals surface area contributed by atoms with Gasteiger partial charge in [-0.3, -0.25) is 0 Å². The van der Waals surface area contributed by atoms with Gasteiger partial charge in [0.2, 0.25) is 0 Å². The van der Waals surface area contributed by atoms with E-state index in [4.69, 9.17) is 0 Å². The third kappa shape index (κ3) is 1.44. The summed E-state index contributed by atoms with van der Waals surface area (Å²) in [5.74, 6) is 0. The number of fused-ring (bicyclic) bond motifs is 1. The molecule has 0 saturated heterocycles. The monoisotopic (exact) mass is 182 g/mol. The zero-order valence-electron chi connectivity index (χ0n) is 8.46. The van der Waals surface area contributed by atoms with E-state index in [1.165, 1.54) is 21.9 Å². The summed E-state index contributed by atoms with van der Waals surface area (Å²) in [5, 5.41) is 2.71. The second-order valence-corrected chi connectivity index (χ2v) is 3.58. The van der Waals surface area contributed by atoms with E-state index in [0.29, 0.717) is 0 Å². The van der Waals surface area contributed by atoms with Crippen LogP contribution in [0.4, 0.5) is 0 Å². The molecule has 0 aliphatic heterocycles. The van der Waals surface area contributed by atoms with E-state index >= 15 is 0 Å². The van der Waals surface area contributed by atoms with Gasteiger partial charge in [0.25, 0.3) is 0 Å². The van der Waals surface area contributed by atoms with E-state index < -0.39 is 0 Å². The van der Waals surface area contributed by atoms with Crippen LogP contribution < -0.4 is 0 Å². The van der Waals surface area contributed by atoms with Gasteiger partial charge in [-0.15, -0.1) is 6.58 Å². The maximum atomic E-state index is 3.79. The number of rotatable bonds is 2. The highest BCUT2D eigenvalue weighted by Gasteiger charge is 2.00. The fourth-order valence-corrected chi connectivity index (χ4v) is 1.85. The maximum Gasteiger partial charge on any atom is -0.00940 e. The predicted octanol–water partition coefficient (Wildman–Crippen LogP) is 3.88. The van der Waals surface area contributed by atoms with Crippen LogP contribution in [0.3, 0.4) is 0 Å². The molecule has 0 atom stereocenters. The van der Waals surface area contributed by atoms with Crippen LogP contribution >= 0.6 is 0 Å². The lowest BCUT2D eigenvalue weighted by Crippen LogP contribution is -1.86. The van der Waals surface area contributed by atoms with Crippen LogP contribution in [0.25, 0.3) is 10.8 Å². The Morgan fingerprint density at radius 1 is 1.07 bits per heavy atom. The summed E-state index contributed by atoms with van der Waals surface area (Å²) in [7, 11) is 0. The zero-order chi connectivity index (χ0) is 9.97. The second-order valence-electron chi connectivity index (χ2n) is 3.58. The van der Waals surface area contributed by atoms with Crippen molar-refractivity contribution in [2.75, 3.05) is 0 Å². The molecule has 14 heavy (non-hydrogen) atoms. The molecule has 0 saturated carbocycles. The summed E-state index contributed by atoms with van der Waals surface area (Å²) in [5.41, 5.74) is 2.70. The van der Waals surface area contributed by atoms with Crippen LogP contribution in [0.1, 0.15) is 11.1 Å². The lowest BCUT2D eigenvalue weighted by atomic mass is 9.99. The molecule has 0 fully saturated rings. The van der Waals surface area contributed by atoms with Crippen LogP contribution in [0.5, 0.6) is 0 Å². The lowest BCUT2D eigenvalue weighted by molar-refractivity contribution is 1.30. The van der Waals surface area contributed by atoms with E-state index in [0.717, 1.165) is 6.42 Å². The Hall–Kier alpha value is -1.56. The van der Waals surface area contributed by atoms with E-state index in [1.807, 2.05) is 6.08 Å². The largest absolute Gasteiger partial charge is 0.103 e. The quantitative estimate of drug-likeness (QED) is 0.618. The summed E-state index contributed by atoms with van der Waals surface area (Å²) in [6.07, 6.45) is 2.90. The van der Waals surface area contributed by atoms with Gasteiger partial charge in [0.05, 0.1) is 0 Å². The first-order valence-corrected chi connectivity index (χ1v) is 4.91. The van der Waals surface area contributed by atoms with Crippen molar-refractivity contribution in [3.05, 3.63) is 60.2 Å². The first-order chi connectivity index (χ1) is 6.83. The van der Waals surface area contributed by atoms with Crippen molar-refractivity contribution in [1.29, 1.82) is 0 Å². The molecule has 0 heterocycles. The summed E-state index contributed by atoms with van der Waals surface area (Å²) in [6, 6.07) is 12.9. The average Bonchev–Trinajstić information content (AvgIpc) is 2.23. The molecule has 0 N–H and O–H groups in total. The Balaban J connectivity index is 2.74. The first kappa shape index (κ1) is 9.01. The standard InChI is InChI=1S/C14H14/c1-3-6-12-10-9-11(2)13-7-4-5-8-14(12)13/h3-5,7-10H,1,6H2,2H3. The Morgan fingerprint density at radius 3 is 2.50 bits per heavy atom. The van der Waals surface area contributed by atoms with Gasteiger partial charge in [-0.2, -0.15) is 0 Å². The summed E-state index contributed by atoms with van der Waals surface area (Å²) >= 11 is 0. The molecule has 0 aromatic heterocycles. The van der Waals surface area contributed by atoms with Gasteiger partial charge in [0, 0.05) is 0 Å². The van der Waals surface area contributed by atoms with E-state index in [-0.39, 0.29) is 0 Å². The minimum absolute atomic E-state index is 0.945. The number of hydrogen-bond acceptors (Lipinski definition) is 0. The van der Waals surface area contributed by atoms with Crippen molar-refractivity contribution in [3.63, 3.8) is 0 Å². The average molecular weight is 182 g/mol. The fourth-order valence-electron chi connectivity index (χ4n) is 1.85. The smallest absolute Gasteiger partial charge is 0.00940 e. The molecule has 2 rings (SSSR count). The van der Waals surface area contributed by atoms with Crippen molar-refractivity contribution in [2.24, 2.45) is 0 Å². The van der Waals surface area contributed by atoms with Crippen molar-refractivity contribution in [1.82, 2.24) is 0 Å². The third-order valence-corrected chi connectivity index (χ3v) is 2.60. The van der Waals surface area contributed by atoms with Gasteiger partial charge in [-0.1, -0.05) is 42.5 Å². The molecule has 0 aliphatic rings. The SMILES string of the molecule is C=CCc1ccc(C)c2ccccc12. The normalized spacial score (nSPS) is 10.4. The van der Waals surface area contributed by atoms with E-state index in [9.17, 15) is 0 Å². The molecule has 0 bridgehead atoms. The minimum Gasteiger partial charge on any atom is -0.103 e. The Morgan fingerprint density at radius 2 is 1.79 bits per heavy atom. The lowest BCUT2D eigenvalue weighted by Gasteiger charge is -2.06. The third-order valence-electron chi connectivity index (χ3n) is 2.60. The van der Waals surface area contributed by atoms with Crippen molar-refractivity contribution < 1.29 is 0 Å². The van der Waals surface area contributed by atoms with E-state index in [1.54, 1.807) is 0 Å². The number of aryl methyl sites for hydroxylation is 1. The minimum atomic E-state index is 0.945. The Kier molecular flexibility index (Phi) is 2.36. The van der Waals surface area contributed by atoms with E-state index in [2.05, 4.69) is 49.9 Å². The number of allylic oxidation sites excluding steroid dienone is 1. The Bertz CT molecular complexity index is 466. The topological polar surface area (TPSA) is 0 Å². The molecule has 0 nitrogen and oxygen atoms in total. The van der Waals surface area contributed by atoms with Crippen LogP contribution in [0.2, 0.25) is 0 Å². The molecule has 70 valence electrons. The van der Waals surface area contributed by atoms with Gasteiger partial charge in [0.15, 0.2) is 0 Å². The summed E-state index contributed by atoms with van der Waals surface area (Å²) in [4.78, 5) is 0. The second kappa shape index (κ2) is 3.67. The van der Waals surface area contributed by atoms with Crippen molar-refractivity contribution in [2.45, 2.75) is 13.3 Å². The molecular formula is C14H14. The molecule has 0 amide bonds. The summed E-state index contributed by atoms with van der Waals surface area (Å²) in [6.45, 7) is 5.94. The van der Waals surface area contributed by atoms with Gasteiger partial charge < -0.3 is 0 Å². The van der Waals surface area contributed by atoms with Gasteiger partial charge in [0.1, 0.15) is 0 Å². The molecule has 2 aromatic rings. The van der Waals surface area contributed by atoms with Crippen LogP contribution in [0.15, 0.2) is 49.1 Å². The zero-order valence-corrected chi connectivity index (χ0v) is 8.46. The van der Waals surface area contributed by atoms with Gasteiger partial charge in [-0.25, -0.2) is 0 Å². The van der Waals surface area contributed by atoms with Crippen molar-refractivity contribution in [3.8, 4) is 0 Å². The first-order valence-electron chi connectivity index (χ1n) is 4.91. The fraction of sp³-hybridized carbons (Fsp3) is 0.143. The van der Waals surface area contributed by atoms with Gasteiger partial charge >= 0.3 is 0 Å². The molecule has 2 aromatic carbocycles. The number of benzene rings is 2. The highest BCUT2D eigenvalue weighted by Crippen LogP contribution is 2.22. The molecule has 0 aliphatic carbocycles. The molecular weight excluding hydrogens is 168 g/mol. The van der Waals surface area contributed by atoms with Crippen molar-refractivity contribution >= 4 is 10.8 Å². The molecule has 0 heteroatoms. The maximum absolute atomic E-state index is 3.79. The highest BCUT2D eigenvalue weighted by atomic mass is 14.0. The number of hydrogen-bond donors (Lipinski definition) is 0. The predicted molar refractivity (Wildman–Crippen MR) is 62.6 cm³/mol. The molecule has 0 spiro atoms. The summed E-state index contributed by atoms with van der Waals surface area (Å²) < 4.78 is 0. The highest BCUT2D eigenvalue weighted by molar-refractivity contribution is 5.88. The molecule has 0 radical (unpaired) electrons.